The summed E-state index contributed by atoms with van der Waals surface area (Å²) in [6, 6.07) is 16.0. The van der Waals surface area contributed by atoms with Gasteiger partial charge in [-0.3, -0.25) is 0 Å². The molecular formula is C21H25N3O2. The molecule has 0 atom stereocenters. The summed E-state index contributed by atoms with van der Waals surface area (Å²) in [6.07, 6.45) is 3.60. The third kappa shape index (κ3) is 4.11. The zero-order valence-electron chi connectivity index (χ0n) is 15.4. The van der Waals surface area contributed by atoms with Gasteiger partial charge < -0.3 is 14.7 Å². The summed E-state index contributed by atoms with van der Waals surface area (Å²) < 4.78 is 5.25. The van der Waals surface area contributed by atoms with Crippen molar-refractivity contribution in [1.29, 1.82) is 0 Å². The molecule has 5 heteroatoms. The number of rotatable bonds is 8. The average Bonchev–Trinajstić information content (AvgIpc) is 2.70. The molecule has 1 N–H and O–H groups in total. The lowest BCUT2D eigenvalue weighted by Crippen LogP contribution is -2.13. The van der Waals surface area contributed by atoms with Gasteiger partial charge in [-0.25, -0.2) is 9.97 Å². The number of aryl methyl sites for hydroxylation is 1. The van der Waals surface area contributed by atoms with Gasteiger partial charge >= 0.3 is 0 Å². The largest absolute Gasteiger partial charge is 0.497 e. The predicted octanol–water partition coefficient (Wildman–Crippen LogP) is 4.11. The molecule has 26 heavy (non-hydrogen) atoms. The molecule has 0 bridgehead atoms. The molecule has 136 valence electrons. The van der Waals surface area contributed by atoms with Crippen molar-refractivity contribution in [3.63, 3.8) is 0 Å². The third-order valence-corrected chi connectivity index (χ3v) is 4.47. The van der Waals surface area contributed by atoms with Crippen LogP contribution >= 0.6 is 0 Å². The minimum Gasteiger partial charge on any atom is -0.497 e. The van der Waals surface area contributed by atoms with Crippen molar-refractivity contribution < 1.29 is 9.84 Å². The summed E-state index contributed by atoms with van der Waals surface area (Å²) in [6.45, 7) is 0.240. The molecule has 0 fully saturated rings. The Morgan fingerprint density at radius 1 is 0.962 bits per heavy atom. The molecule has 0 aliphatic carbocycles. The van der Waals surface area contributed by atoms with Crippen LogP contribution in [-0.4, -0.2) is 35.8 Å². The number of aromatic nitrogens is 2. The maximum absolute atomic E-state index is 8.94. The normalized spacial score (nSPS) is 10.9. The van der Waals surface area contributed by atoms with Gasteiger partial charge in [0.15, 0.2) is 0 Å². The first-order valence-electron chi connectivity index (χ1n) is 8.97. The van der Waals surface area contributed by atoms with Gasteiger partial charge in [0, 0.05) is 31.1 Å². The topological polar surface area (TPSA) is 58.5 Å². The summed E-state index contributed by atoms with van der Waals surface area (Å²) in [7, 11) is 3.69. The van der Waals surface area contributed by atoms with E-state index in [1.165, 1.54) is 0 Å². The van der Waals surface area contributed by atoms with E-state index >= 15 is 0 Å². The Kier molecular flexibility index (Phi) is 6.02. The summed E-state index contributed by atoms with van der Waals surface area (Å²) in [5.41, 5.74) is 2.00. The lowest BCUT2D eigenvalue weighted by atomic mass is 10.1. The molecule has 3 aromatic rings. The van der Waals surface area contributed by atoms with Crippen LogP contribution in [0.15, 0.2) is 48.5 Å². The predicted molar refractivity (Wildman–Crippen MR) is 105 cm³/mol. The summed E-state index contributed by atoms with van der Waals surface area (Å²) in [4.78, 5) is 11.6. The number of aliphatic hydroxyl groups excluding tert-OH is 1. The molecule has 0 radical (unpaired) electrons. The minimum atomic E-state index is 0.240. The third-order valence-electron chi connectivity index (χ3n) is 4.47. The van der Waals surface area contributed by atoms with Crippen molar-refractivity contribution in [3.8, 4) is 5.75 Å². The lowest BCUT2D eigenvalue weighted by molar-refractivity contribution is 0.283. The van der Waals surface area contributed by atoms with Crippen LogP contribution in [0.4, 0.5) is 11.5 Å². The number of anilines is 2. The summed E-state index contributed by atoms with van der Waals surface area (Å²) in [5, 5.41) is 9.97. The van der Waals surface area contributed by atoms with E-state index in [1.807, 2.05) is 49.5 Å². The van der Waals surface area contributed by atoms with Crippen LogP contribution in [0.5, 0.6) is 5.75 Å². The van der Waals surface area contributed by atoms with E-state index in [-0.39, 0.29) is 6.61 Å². The molecule has 0 spiro atoms. The Labute approximate surface area is 154 Å². The van der Waals surface area contributed by atoms with Crippen molar-refractivity contribution in [1.82, 2.24) is 9.97 Å². The van der Waals surface area contributed by atoms with Crippen molar-refractivity contribution >= 4 is 22.4 Å². The fourth-order valence-corrected chi connectivity index (χ4v) is 2.97. The van der Waals surface area contributed by atoms with Crippen LogP contribution in [0, 0.1) is 0 Å². The molecule has 0 saturated heterocycles. The van der Waals surface area contributed by atoms with Crippen LogP contribution in [0.3, 0.4) is 0 Å². The highest BCUT2D eigenvalue weighted by molar-refractivity contribution is 5.91. The lowest BCUT2D eigenvalue weighted by Gasteiger charge is -2.21. The fraction of sp³-hybridized carbons (Fsp3) is 0.333. The first-order chi connectivity index (χ1) is 12.7. The van der Waals surface area contributed by atoms with E-state index in [0.717, 1.165) is 59.7 Å². The van der Waals surface area contributed by atoms with Gasteiger partial charge in [-0.2, -0.15) is 0 Å². The Morgan fingerprint density at radius 3 is 2.46 bits per heavy atom. The zero-order chi connectivity index (χ0) is 18.4. The highest BCUT2D eigenvalue weighted by Crippen LogP contribution is 2.30. The zero-order valence-corrected chi connectivity index (χ0v) is 15.4. The number of fused-ring (bicyclic) bond motifs is 1. The van der Waals surface area contributed by atoms with Gasteiger partial charge in [0.1, 0.15) is 17.4 Å². The van der Waals surface area contributed by atoms with E-state index in [0.29, 0.717) is 0 Å². The van der Waals surface area contributed by atoms with Gasteiger partial charge in [-0.05, 0) is 49.2 Å². The minimum absolute atomic E-state index is 0.240. The van der Waals surface area contributed by atoms with Gasteiger partial charge in [-0.1, -0.05) is 18.6 Å². The molecule has 0 aliphatic heterocycles. The average molecular weight is 351 g/mol. The molecule has 1 aromatic heterocycles. The molecule has 0 saturated carbocycles. The van der Waals surface area contributed by atoms with Gasteiger partial charge in [0.25, 0.3) is 0 Å². The van der Waals surface area contributed by atoms with Crippen LogP contribution in [0.25, 0.3) is 10.9 Å². The Balaban J connectivity index is 1.93. The highest BCUT2D eigenvalue weighted by Gasteiger charge is 2.13. The van der Waals surface area contributed by atoms with Crippen molar-refractivity contribution in [2.24, 2.45) is 0 Å². The maximum atomic E-state index is 8.94. The fourth-order valence-electron chi connectivity index (χ4n) is 2.97. The van der Waals surface area contributed by atoms with Gasteiger partial charge in [0.05, 0.1) is 12.6 Å². The first kappa shape index (κ1) is 18.1. The van der Waals surface area contributed by atoms with Crippen LogP contribution in [-0.2, 0) is 6.42 Å². The SMILES string of the molecule is COc1ccc(N(C)c2nc(CCCCCO)nc3ccccc23)cc1. The molecule has 0 unspecified atom stereocenters. The molecule has 0 aliphatic rings. The maximum Gasteiger partial charge on any atom is 0.144 e. The van der Waals surface area contributed by atoms with E-state index in [9.17, 15) is 0 Å². The molecule has 2 aromatic carbocycles. The molecule has 5 nitrogen and oxygen atoms in total. The van der Waals surface area contributed by atoms with Gasteiger partial charge in [0.2, 0.25) is 0 Å². The Bertz CT molecular complexity index is 850. The monoisotopic (exact) mass is 351 g/mol. The number of ether oxygens (including phenoxy) is 1. The van der Waals surface area contributed by atoms with Crippen LogP contribution < -0.4 is 9.64 Å². The highest BCUT2D eigenvalue weighted by atomic mass is 16.5. The van der Waals surface area contributed by atoms with Crippen molar-refractivity contribution in [3.05, 3.63) is 54.4 Å². The van der Waals surface area contributed by atoms with E-state index in [2.05, 4.69) is 11.0 Å². The quantitative estimate of drug-likeness (QED) is 0.619. The van der Waals surface area contributed by atoms with Crippen LogP contribution in [0.1, 0.15) is 25.1 Å². The van der Waals surface area contributed by atoms with Crippen LogP contribution in [0.2, 0.25) is 0 Å². The number of aliphatic hydroxyl groups is 1. The Morgan fingerprint density at radius 2 is 1.73 bits per heavy atom. The first-order valence-corrected chi connectivity index (χ1v) is 8.97. The second-order valence-electron chi connectivity index (χ2n) is 6.27. The number of methoxy groups -OCH3 is 1. The van der Waals surface area contributed by atoms with E-state index < -0.39 is 0 Å². The standard InChI is InChI=1S/C21H25N3O2/c1-24(16-11-13-17(26-2)14-12-16)21-18-8-5-6-9-19(18)22-20(23-21)10-4-3-7-15-25/h5-6,8-9,11-14,25H,3-4,7,10,15H2,1-2H3. The van der Waals surface area contributed by atoms with Crippen molar-refractivity contribution in [2.45, 2.75) is 25.7 Å². The number of para-hydroxylation sites is 1. The van der Waals surface area contributed by atoms with Crippen molar-refractivity contribution in [2.75, 3.05) is 25.7 Å². The summed E-state index contributed by atoms with van der Waals surface area (Å²) in [5.74, 6) is 2.58. The molecule has 1 heterocycles. The number of unbranched alkanes of at least 4 members (excludes halogenated alkanes) is 2. The second-order valence-corrected chi connectivity index (χ2v) is 6.27. The van der Waals surface area contributed by atoms with Gasteiger partial charge in [-0.15, -0.1) is 0 Å². The number of benzene rings is 2. The smallest absolute Gasteiger partial charge is 0.144 e. The molecule has 0 amide bonds. The van der Waals surface area contributed by atoms with E-state index in [1.54, 1.807) is 7.11 Å². The van der Waals surface area contributed by atoms with E-state index in [4.69, 9.17) is 19.8 Å². The number of hydrogen-bond acceptors (Lipinski definition) is 5. The Hall–Kier alpha value is -2.66. The number of nitrogens with zero attached hydrogens (tertiary/aromatic N) is 3. The molecular weight excluding hydrogens is 326 g/mol. The molecule has 3 rings (SSSR count). The number of hydrogen-bond donors (Lipinski definition) is 1. The summed E-state index contributed by atoms with van der Waals surface area (Å²) >= 11 is 0. The second kappa shape index (κ2) is 8.63.